The molecule has 0 fully saturated rings. The highest BCUT2D eigenvalue weighted by atomic mass is 32.1. The summed E-state index contributed by atoms with van der Waals surface area (Å²) in [6, 6.07) is 51.9. The van der Waals surface area contributed by atoms with Gasteiger partial charge in [-0.2, -0.15) is 0 Å². The van der Waals surface area contributed by atoms with Gasteiger partial charge in [-0.3, -0.25) is 0 Å². The molecule has 0 saturated heterocycles. The van der Waals surface area contributed by atoms with Crippen LogP contribution < -0.4 is 0 Å². The molecular formula is C61H58S8. The number of fused-ring (bicyclic) bond motifs is 3. The van der Waals surface area contributed by atoms with Gasteiger partial charge in [0.2, 0.25) is 0 Å². The molecule has 1 aliphatic rings. The molecule has 11 rings (SSSR count). The van der Waals surface area contributed by atoms with Gasteiger partial charge in [0, 0.05) is 73.7 Å². The van der Waals surface area contributed by atoms with Crippen LogP contribution in [0.2, 0.25) is 0 Å². The summed E-state index contributed by atoms with van der Waals surface area (Å²) in [5.74, 6) is 0. The second-order valence-electron chi connectivity index (χ2n) is 18.6. The van der Waals surface area contributed by atoms with E-state index in [1.807, 2.05) is 90.7 Å². The van der Waals surface area contributed by atoms with Gasteiger partial charge in [0.1, 0.15) is 0 Å². The third-order valence-corrected chi connectivity index (χ3v) is 23.5. The van der Waals surface area contributed by atoms with Crippen molar-refractivity contribution in [3.63, 3.8) is 0 Å². The molecule has 1 aliphatic carbocycles. The van der Waals surface area contributed by atoms with Crippen LogP contribution >= 0.6 is 90.7 Å². The number of benzene rings is 2. The minimum Gasteiger partial charge on any atom is -0.143 e. The Morgan fingerprint density at radius 3 is 0.942 bits per heavy atom. The third kappa shape index (κ3) is 10.1. The Morgan fingerprint density at radius 1 is 0.304 bits per heavy atom. The molecule has 350 valence electrons. The smallest absolute Gasteiger partial charge is 0.0449 e. The Hall–Kier alpha value is -3.96. The van der Waals surface area contributed by atoms with E-state index >= 15 is 0 Å². The molecule has 0 spiro atoms. The Morgan fingerprint density at radius 2 is 0.609 bits per heavy atom. The lowest BCUT2D eigenvalue weighted by Crippen LogP contribution is -2.25. The quantitative estimate of drug-likeness (QED) is 0.0594. The van der Waals surface area contributed by atoms with Crippen molar-refractivity contribution in [3.8, 4) is 90.5 Å². The largest absolute Gasteiger partial charge is 0.143 e. The van der Waals surface area contributed by atoms with E-state index in [1.54, 1.807) is 11.1 Å². The maximum absolute atomic E-state index is 2.64. The maximum Gasteiger partial charge on any atom is 0.0449 e. The molecule has 0 amide bonds. The fraction of sp³-hybridized carbons (Fsp3) is 0.279. The van der Waals surface area contributed by atoms with Crippen LogP contribution in [-0.4, -0.2) is 0 Å². The van der Waals surface area contributed by atoms with E-state index < -0.39 is 0 Å². The van der Waals surface area contributed by atoms with E-state index in [0.717, 1.165) is 0 Å². The highest BCUT2D eigenvalue weighted by Gasteiger charge is 2.43. The van der Waals surface area contributed by atoms with Crippen LogP contribution in [-0.2, 0) is 5.41 Å². The fourth-order valence-electron chi connectivity index (χ4n) is 10.4. The molecule has 0 nitrogen and oxygen atoms in total. The molecule has 0 N–H and O–H groups in total. The summed E-state index contributed by atoms with van der Waals surface area (Å²) in [6.45, 7) is 4.67. The predicted molar refractivity (Wildman–Crippen MR) is 315 cm³/mol. The summed E-state index contributed by atoms with van der Waals surface area (Å²) >= 11 is 15.2. The minimum absolute atomic E-state index is 0.00301. The first-order valence-corrected chi connectivity index (χ1v) is 31.7. The number of thiophene rings is 8. The average molecular weight is 1050 g/mol. The van der Waals surface area contributed by atoms with Crippen molar-refractivity contribution in [1.29, 1.82) is 0 Å². The van der Waals surface area contributed by atoms with Gasteiger partial charge in [-0.05, 0) is 154 Å². The Kier molecular flexibility index (Phi) is 15.0. The average Bonchev–Trinajstić information content (AvgIpc) is 4.21. The molecule has 0 aliphatic heterocycles. The first kappa shape index (κ1) is 47.4. The topological polar surface area (TPSA) is 0 Å². The summed E-state index contributed by atoms with van der Waals surface area (Å²) in [5, 5.41) is 4.34. The first-order chi connectivity index (χ1) is 34.1. The molecular weight excluding hydrogens is 989 g/mol. The molecule has 0 radical (unpaired) electrons. The second kappa shape index (κ2) is 21.8. The zero-order chi connectivity index (χ0) is 46.6. The zero-order valence-corrected chi connectivity index (χ0v) is 46.1. The van der Waals surface area contributed by atoms with E-state index in [9.17, 15) is 0 Å². The van der Waals surface area contributed by atoms with Crippen molar-refractivity contribution in [3.05, 3.63) is 155 Å². The molecule has 2 aromatic carbocycles. The van der Waals surface area contributed by atoms with Crippen molar-refractivity contribution in [1.82, 2.24) is 0 Å². The first-order valence-electron chi connectivity index (χ1n) is 25.1. The van der Waals surface area contributed by atoms with E-state index in [-0.39, 0.29) is 5.41 Å². The predicted octanol–water partition coefficient (Wildman–Crippen LogP) is 23.3. The molecule has 8 heteroatoms. The van der Waals surface area contributed by atoms with Gasteiger partial charge in [0.15, 0.2) is 0 Å². The van der Waals surface area contributed by atoms with E-state index in [2.05, 4.69) is 158 Å². The standard InChI is InChI=1S/C61H58S8/c1-3-5-7-9-11-13-35-61(36-14-12-10-8-6-4-2)45-39-41(47-23-25-53(64-47)55-31-33-59(68-55)57-29-27-51(66-57)49-17-15-37-62-49)19-21-43(45)44-22-20-42(40-46(44)61)48-24-26-54(65-48)56-32-34-60(69-56)58-30-28-52(67-58)50-18-16-38-63-50/h15-34,37-40H,3-14,35-36H2,1-2H3. The van der Waals surface area contributed by atoms with Gasteiger partial charge in [-0.15, -0.1) is 90.7 Å². The number of rotatable bonds is 22. The van der Waals surface area contributed by atoms with Crippen molar-refractivity contribution >= 4 is 90.7 Å². The molecule has 0 bridgehead atoms. The van der Waals surface area contributed by atoms with Crippen LogP contribution in [0.15, 0.2) is 144 Å². The second-order valence-corrected chi connectivity index (χ2v) is 27.0. The summed E-state index contributed by atoms with van der Waals surface area (Å²) in [5.41, 5.74) is 8.82. The van der Waals surface area contributed by atoms with Gasteiger partial charge in [-0.25, -0.2) is 0 Å². The van der Waals surface area contributed by atoms with Crippen molar-refractivity contribution < 1.29 is 0 Å². The molecule has 10 aromatic rings. The van der Waals surface area contributed by atoms with Crippen LogP contribution in [0.4, 0.5) is 0 Å². The van der Waals surface area contributed by atoms with E-state index in [0.29, 0.717) is 0 Å². The Labute approximate surface area is 441 Å². The zero-order valence-electron chi connectivity index (χ0n) is 39.5. The van der Waals surface area contributed by atoms with Crippen LogP contribution in [0.25, 0.3) is 90.5 Å². The van der Waals surface area contributed by atoms with E-state index in [4.69, 9.17) is 0 Å². The SMILES string of the molecule is CCCCCCCCC1(CCCCCCCC)c2cc(-c3ccc(-c4ccc(-c5ccc(-c6cccs6)s5)s4)s3)ccc2-c2ccc(-c3ccc(-c4ccc(-c5ccc(-c6cccs6)s5)s4)s3)cc21. The highest BCUT2D eigenvalue weighted by molar-refractivity contribution is 7.29. The number of hydrogen-bond acceptors (Lipinski definition) is 8. The third-order valence-electron chi connectivity index (χ3n) is 14.0. The lowest BCUT2D eigenvalue weighted by molar-refractivity contribution is 0.398. The van der Waals surface area contributed by atoms with Crippen LogP contribution in [0.5, 0.6) is 0 Å². The highest BCUT2D eigenvalue weighted by Crippen LogP contribution is 2.57. The lowest BCUT2D eigenvalue weighted by Gasteiger charge is -2.33. The Balaban J connectivity index is 0.905. The van der Waals surface area contributed by atoms with Crippen molar-refractivity contribution in [2.24, 2.45) is 0 Å². The number of hydrogen-bond donors (Lipinski definition) is 0. The maximum atomic E-state index is 2.64. The normalized spacial score (nSPS) is 12.8. The summed E-state index contributed by atoms with van der Waals surface area (Å²) < 4.78 is 0. The van der Waals surface area contributed by atoms with Crippen LogP contribution in [0.3, 0.4) is 0 Å². The number of unbranched alkanes of at least 4 members (excludes halogenated alkanes) is 10. The molecule has 0 saturated carbocycles. The van der Waals surface area contributed by atoms with Crippen molar-refractivity contribution in [2.45, 2.75) is 109 Å². The minimum atomic E-state index is 0.00301. The molecule has 0 atom stereocenters. The molecule has 0 unspecified atom stereocenters. The molecule has 69 heavy (non-hydrogen) atoms. The Bertz CT molecular complexity index is 3010. The molecule has 8 aromatic heterocycles. The van der Waals surface area contributed by atoms with Crippen LogP contribution in [0, 0.1) is 0 Å². The molecule has 8 heterocycles. The van der Waals surface area contributed by atoms with Gasteiger partial charge >= 0.3 is 0 Å². The van der Waals surface area contributed by atoms with Gasteiger partial charge in [-0.1, -0.05) is 127 Å². The van der Waals surface area contributed by atoms with Crippen LogP contribution in [0.1, 0.15) is 115 Å². The lowest BCUT2D eigenvalue weighted by atomic mass is 9.70. The summed E-state index contributed by atoms with van der Waals surface area (Å²) in [4.78, 5) is 19.0. The van der Waals surface area contributed by atoms with E-state index in [1.165, 1.54) is 180 Å². The summed E-state index contributed by atoms with van der Waals surface area (Å²) in [6.07, 6.45) is 18.3. The fourth-order valence-corrected chi connectivity index (χ4v) is 18.4. The van der Waals surface area contributed by atoms with Gasteiger partial charge in [0.05, 0.1) is 0 Å². The van der Waals surface area contributed by atoms with Crippen molar-refractivity contribution in [2.75, 3.05) is 0 Å². The summed E-state index contributed by atoms with van der Waals surface area (Å²) in [7, 11) is 0. The monoisotopic (exact) mass is 1050 g/mol. The van der Waals surface area contributed by atoms with Gasteiger partial charge < -0.3 is 0 Å². The van der Waals surface area contributed by atoms with Gasteiger partial charge in [0.25, 0.3) is 0 Å².